The molecule has 0 saturated heterocycles. The van der Waals surface area contributed by atoms with Gasteiger partial charge in [-0.3, -0.25) is 0 Å². The van der Waals surface area contributed by atoms with Crippen LogP contribution in [0.25, 0.3) is 10.2 Å². The molecule has 3 rings (SSSR count). The van der Waals surface area contributed by atoms with Crippen molar-refractivity contribution in [3.05, 3.63) is 42.3 Å². The highest BCUT2D eigenvalue weighted by molar-refractivity contribution is 7.22. The van der Waals surface area contributed by atoms with Crippen molar-refractivity contribution in [2.45, 2.75) is 6.54 Å². The molecule has 0 saturated carbocycles. The van der Waals surface area contributed by atoms with Crippen LogP contribution in [0.1, 0.15) is 5.76 Å². The van der Waals surface area contributed by atoms with Crippen molar-refractivity contribution >= 4 is 26.7 Å². The van der Waals surface area contributed by atoms with Crippen LogP contribution in [0.5, 0.6) is 0 Å². The Labute approximate surface area is 95.9 Å². The maximum atomic E-state index is 4.99. The van der Waals surface area contributed by atoms with Crippen LogP contribution >= 0.6 is 11.3 Å². The standard InChI is InChI=1S/C11H9N3OS/c1-2-4-10-9(3-1)14-11(16-10)12-7-8-5-6-13-15-8/h1-6H,7H2,(H,12,14). The number of nitrogens with one attached hydrogen (secondary N) is 1. The van der Waals surface area contributed by atoms with E-state index in [0.717, 1.165) is 16.4 Å². The molecule has 1 N–H and O–H groups in total. The van der Waals surface area contributed by atoms with Crippen molar-refractivity contribution in [1.29, 1.82) is 0 Å². The number of thiazole rings is 1. The van der Waals surface area contributed by atoms with Gasteiger partial charge in [-0.25, -0.2) is 4.98 Å². The number of hydrogen-bond acceptors (Lipinski definition) is 5. The van der Waals surface area contributed by atoms with Crippen molar-refractivity contribution in [3.8, 4) is 0 Å². The molecule has 2 heterocycles. The predicted octanol–water partition coefficient (Wildman–Crippen LogP) is 2.90. The third-order valence-electron chi connectivity index (χ3n) is 2.20. The summed E-state index contributed by atoms with van der Waals surface area (Å²) in [5.41, 5.74) is 1.02. The molecule has 0 aliphatic carbocycles. The van der Waals surface area contributed by atoms with Gasteiger partial charge in [0.1, 0.15) is 0 Å². The first kappa shape index (κ1) is 9.35. The maximum absolute atomic E-state index is 4.99. The van der Waals surface area contributed by atoms with Gasteiger partial charge in [-0.2, -0.15) is 0 Å². The minimum atomic E-state index is 0.611. The highest BCUT2D eigenvalue weighted by atomic mass is 32.1. The summed E-state index contributed by atoms with van der Waals surface area (Å²) in [7, 11) is 0. The summed E-state index contributed by atoms with van der Waals surface area (Å²) >= 11 is 1.63. The molecule has 2 aromatic heterocycles. The lowest BCUT2D eigenvalue weighted by Gasteiger charge is -1.96. The number of anilines is 1. The predicted molar refractivity (Wildman–Crippen MR) is 63.4 cm³/mol. The van der Waals surface area contributed by atoms with Gasteiger partial charge in [0.05, 0.1) is 23.0 Å². The lowest BCUT2D eigenvalue weighted by Crippen LogP contribution is -1.96. The Balaban J connectivity index is 1.79. The van der Waals surface area contributed by atoms with Crippen molar-refractivity contribution in [2.24, 2.45) is 0 Å². The summed E-state index contributed by atoms with van der Waals surface area (Å²) in [5, 5.41) is 7.76. The van der Waals surface area contributed by atoms with E-state index in [1.54, 1.807) is 17.5 Å². The Morgan fingerprint density at radius 2 is 2.19 bits per heavy atom. The van der Waals surface area contributed by atoms with E-state index in [0.29, 0.717) is 6.54 Å². The molecule has 0 bridgehead atoms. The smallest absolute Gasteiger partial charge is 0.184 e. The zero-order chi connectivity index (χ0) is 10.8. The zero-order valence-electron chi connectivity index (χ0n) is 8.38. The minimum Gasteiger partial charge on any atom is -0.360 e. The molecule has 1 aromatic carbocycles. The van der Waals surface area contributed by atoms with E-state index in [-0.39, 0.29) is 0 Å². The fourth-order valence-corrected chi connectivity index (χ4v) is 2.31. The van der Waals surface area contributed by atoms with Gasteiger partial charge in [0.15, 0.2) is 10.9 Å². The number of benzene rings is 1. The Morgan fingerprint density at radius 3 is 3.00 bits per heavy atom. The lowest BCUT2D eigenvalue weighted by molar-refractivity contribution is 0.388. The van der Waals surface area contributed by atoms with Gasteiger partial charge in [0.2, 0.25) is 0 Å². The largest absolute Gasteiger partial charge is 0.360 e. The van der Waals surface area contributed by atoms with Crippen molar-refractivity contribution in [3.63, 3.8) is 0 Å². The van der Waals surface area contributed by atoms with Gasteiger partial charge in [0.25, 0.3) is 0 Å². The van der Waals surface area contributed by atoms with E-state index in [2.05, 4.69) is 21.5 Å². The Morgan fingerprint density at radius 1 is 1.25 bits per heavy atom. The molecular weight excluding hydrogens is 222 g/mol. The van der Waals surface area contributed by atoms with E-state index in [1.165, 1.54) is 4.70 Å². The molecule has 0 amide bonds. The molecule has 4 nitrogen and oxygen atoms in total. The monoisotopic (exact) mass is 231 g/mol. The molecule has 0 fully saturated rings. The molecule has 0 aliphatic heterocycles. The van der Waals surface area contributed by atoms with Crippen LogP contribution < -0.4 is 5.32 Å². The van der Waals surface area contributed by atoms with E-state index >= 15 is 0 Å². The third-order valence-corrected chi connectivity index (χ3v) is 3.19. The number of nitrogens with zero attached hydrogens (tertiary/aromatic N) is 2. The lowest BCUT2D eigenvalue weighted by atomic mass is 10.3. The highest BCUT2D eigenvalue weighted by Gasteiger charge is 2.03. The molecule has 80 valence electrons. The summed E-state index contributed by atoms with van der Waals surface area (Å²) in [4.78, 5) is 4.46. The van der Waals surface area contributed by atoms with Crippen LogP contribution in [0.4, 0.5) is 5.13 Å². The normalized spacial score (nSPS) is 10.8. The molecule has 3 aromatic rings. The van der Waals surface area contributed by atoms with Gasteiger partial charge in [-0.1, -0.05) is 28.6 Å². The second-order valence-electron chi connectivity index (χ2n) is 3.32. The first-order chi connectivity index (χ1) is 7.92. The van der Waals surface area contributed by atoms with Gasteiger partial charge in [-0.15, -0.1) is 0 Å². The van der Waals surface area contributed by atoms with Gasteiger partial charge < -0.3 is 9.84 Å². The van der Waals surface area contributed by atoms with Crippen molar-refractivity contribution in [1.82, 2.24) is 10.1 Å². The number of hydrogen-bond donors (Lipinski definition) is 1. The van der Waals surface area contributed by atoms with Gasteiger partial charge in [-0.05, 0) is 12.1 Å². The summed E-state index contributed by atoms with van der Waals surface area (Å²) in [5.74, 6) is 0.805. The number of fused-ring (bicyclic) bond motifs is 1. The average Bonchev–Trinajstić information content (AvgIpc) is 2.95. The summed E-state index contributed by atoms with van der Waals surface area (Å²) in [6.45, 7) is 0.611. The Bertz CT molecular complexity index is 555. The molecule has 0 unspecified atom stereocenters. The molecule has 0 radical (unpaired) electrons. The number of para-hydroxylation sites is 1. The molecule has 16 heavy (non-hydrogen) atoms. The fraction of sp³-hybridized carbons (Fsp3) is 0.0909. The first-order valence-electron chi connectivity index (χ1n) is 4.91. The number of aromatic nitrogens is 2. The van der Waals surface area contributed by atoms with Crippen LogP contribution in [0, 0.1) is 0 Å². The molecule has 0 aliphatic rings. The summed E-state index contributed by atoms with van der Waals surface area (Å²) in [6, 6.07) is 9.90. The van der Waals surface area contributed by atoms with E-state index in [9.17, 15) is 0 Å². The second-order valence-corrected chi connectivity index (χ2v) is 4.35. The molecule has 0 atom stereocenters. The molecular formula is C11H9N3OS. The van der Waals surface area contributed by atoms with E-state index in [4.69, 9.17) is 4.52 Å². The van der Waals surface area contributed by atoms with Gasteiger partial charge >= 0.3 is 0 Å². The van der Waals surface area contributed by atoms with E-state index < -0.39 is 0 Å². The van der Waals surface area contributed by atoms with E-state index in [1.807, 2.05) is 24.3 Å². The van der Waals surface area contributed by atoms with Crippen LogP contribution in [0.3, 0.4) is 0 Å². The minimum absolute atomic E-state index is 0.611. The Kier molecular flexibility index (Phi) is 2.30. The van der Waals surface area contributed by atoms with Crippen LogP contribution in [-0.4, -0.2) is 10.1 Å². The first-order valence-corrected chi connectivity index (χ1v) is 5.72. The molecule has 5 heteroatoms. The quantitative estimate of drug-likeness (QED) is 0.753. The van der Waals surface area contributed by atoms with Crippen LogP contribution in [0.2, 0.25) is 0 Å². The van der Waals surface area contributed by atoms with Gasteiger partial charge in [0, 0.05) is 6.07 Å². The second kappa shape index (κ2) is 3.94. The third kappa shape index (κ3) is 1.77. The van der Waals surface area contributed by atoms with Crippen LogP contribution in [-0.2, 0) is 6.54 Å². The maximum Gasteiger partial charge on any atom is 0.184 e. The topological polar surface area (TPSA) is 51.0 Å². The number of rotatable bonds is 3. The van der Waals surface area contributed by atoms with Crippen LogP contribution in [0.15, 0.2) is 41.1 Å². The molecule has 0 spiro atoms. The Hall–Kier alpha value is -1.88. The summed E-state index contributed by atoms with van der Waals surface area (Å²) in [6.07, 6.45) is 1.63. The highest BCUT2D eigenvalue weighted by Crippen LogP contribution is 2.25. The zero-order valence-corrected chi connectivity index (χ0v) is 9.20. The van der Waals surface area contributed by atoms with Crippen molar-refractivity contribution in [2.75, 3.05) is 5.32 Å². The average molecular weight is 231 g/mol. The fourth-order valence-electron chi connectivity index (χ4n) is 1.44. The van der Waals surface area contributed by atoms with Crippen molar-refractivity contribution < 1.29 is 4.52 Å². The SMILES string of the molecule is c1ccc2sc(NCc3ccno3)nc2c1. The summed E-state index contributed by atoms with van der Waals surface area (Å²) < 4.78 is 6.18.